The van der Waals surface area contributed by atoms with Crippen LogP contribution >= 0.6 is 15.9 Å². The molecule has 4 heteroatoms. The molecule has 20 heavy (non-hydrogen) atoms. The van der Waals surface area contributed by atoms with Gasteiger partial charge in [-0.15, -0.1) is 0 Å². The number of para-hydroxylation sites is 1. The highest BCUT2D eigenvalue weighted by Gasteiger charge is 2.11. The van der Waals surface area contributed by atoms with Crippen molar-refractivity contribution in [3.05, 3.63) is 68.7 Å². The Morgan fingerprint density at radius 1 is 1.10 bits per heavy atom. The van der Waals surface area contributed by atoms with Gasteiger partial charge in [0.25, 0.3) is 5.56 Å². The lowest BCUT2D eigenvalue weighted by Crippen LogP contribution is -2.22. The number of hydrogen-bond acceptors (Lipinski definition) is 2. The van der Waals surface area contributed by atoms with E-state index in [2.05, 4.69) is 20.9 Å². The minimum Gasteiger partial charge on any atom is -0.268 e. The number of hydrogen-bond donors (Lipinski definition) is 0. The summed E-state index contributed by atoms with van der Waals surface area (Å²) in [5.41, 5.74) is 2.61. The van der Waals surface area contributed by atoms with Crippen molar-refractivity contribution >= 4 is 26.8 Å². The van der Waals surface area contributed by atoms with Crippen LogP contribution in [0, 0.1) is 13.8 Å². The van der Waals surface area contributed by atoms with E-state index in [1.807, 2.05) is 56.3 Å². The summed E-state index contributed by atoms with van der Waals surface area (Å²) in [6.07, 6.45) is 0. The van der Waals surface area contributed by atoms with Crippen LogP contribution < -0.4 is 5.56 Å². The van der Waals surface area contributed by atoms with Gasteiger partial charge in [0.1, 0.15) is 5.82 Å². The summed E-state index contributed by atoms with van der Waals surface area (Å²) in [7, 11) is 0. The molecule has 0 saturated heterocycles. The fraction of sp³-hybridized carbons (Fsp3) is 0.125. The van der Waals surface area contributed by atoms with E-state index in [1.165, 1.54) is 0 Å². The van der Waals surface area contributed by atoms with E-state index >= 15 is 0 Å². The topological polar surface area (TPSA) is 34.9 Å². The SMILES string of the molecule is Cc1cc(Br)ccc1-n1c(C)nc2ccccc2c1=O. The van der Waals surface area contributed by atoms with Crippen LogP contribution in [0.25, 0.3) is 16.6 Å². The number of aryl methyl sites for hydroxylation is 2. The van der Waals surface area contributed by atoms with Crippen LogP contribution in [-0.2, 0) is 0 Å². The normalized spacial score (nSPS) is 10.9. The molecule has 3 aromatic rings. The van der Waals surface area contributed by atoms with Gasteiger partial charge in [-0.2, -0.15) is 0 Å². The van der Waals surface area contributed by atoms with E-state index in [-0.39, 0.29) is 5.56 Å². The van der Waals surface area contributed by atoms with Crippen molar-refractivity contribution in [2.24, 2.45) is 0 Å². The van der Waals surface area contributed by atoms with Gasteiger partial charge in [-0.05, 0) is 49.7 Å². The van der Waals surface area contributed by atoms with Crippen molar-refractivity contribution in [2.75, 3.05) is 0 Å². The Morgan fingerprint density at radius 3 is 2.60 bits per heavy atom. The third kappa shape index (κ3) is 2.06. The Bertz CT molecular complexity index is 868. The number of rotatable bonds is 1. The summed E-state index contributed by atoms with van der Waals surface area (Å²) in [5.74, 6) is 0.694. The molecule has 0 saturated carbocycles. The van der Waals surface area contributed by atoms with Crippen LogP contribution in [0.4, 0.5) is 0 Å². The molecule has 0 radical (unpaired) electrons. The van der Waals surface area contributed by atoms with E-state index in [4.69, 9.17) is 0 Å². The number of benzene rings is 2. The molecular formula is C16H13BrN2O. The molecule has 0 spiro atoms. The van der Waals surface area contributed by atoms with Crippen LogP contribution in [0.15, 0.2) is 51.7 Å². The number of nitrogens with zero attached hydrogens (tertiary/aromatic N) is 2. The Hall–Kier alpha value is -1.94. The predicted molar refractivity (Wildman–Crippen MR) is 84.5 cm³/mol. The largest absolute Gasteiger partial charge is 0.268 e. The predicted octanol–water partition coefficient (Wildman–Crippen LogP) is 3.77. The minimum atomic E-state index is -0.0291. The van der Waals surface area contributed by atoms with Crippen molar-refractivity contribution in [2.45, 2.75) is 13.8 Å². The van der Waals surface area contributed by atoms with Gasteiger partial charge in [0.2, 0.25) is 0 Å². The maximum absolute atomic E-state index is 12.7. The van der Waals surface area contributed by atoms with E-state index in [1.54, 1.807) is 4.57 Å². The Morgan fingerprint density at radius 2 is 1.85 bits per heavy atom. The van der Waals surface area contributed by atoms with Gasteiger partial charge in [-0.1, -0.05) is 28.1 Å². The van der Waals surface area contributed by atoms with Crippen LogP contribution in [-0.4, -0.2) is 9.55 Å². The molecule has 0 fully saturated rings. The molecule has 0 aliphatic rings. The highest BCUT2D eigenvalue weighted by molar-refractivity contribution is 9.10. The average molecular weight is 329 g/mol. The summed E-state index contributed by atoms with van der Waals surface area (Å²) in [6.45, 7) is 3.84. The lowest BCUT2D eigenvalue weighted by Gasteiger charge is -2.13. The van der Waals surface area contributed by atoms with E-state index in [0.717, 1.165) is 21.2 Å². The Labute approximate surface area is 125 Å². The standard InChI is InChI=1S/C16H13BrN2O/c1-10-9-12(17)7-8-15(10)19-11(2)18-14-6-4-3-5-13(14)16(19)20/h3-9H,1-2H3. The molecule has 0 bridgehead atoms. The van der Waals surface area contributed by atoms with Gasteiger partial charge in [0.15, 0.2) is 0 Å². The monoisotopic (exact) mass is 328 g/mol. The maximum Gasteiger partial charge on any atom is 0.265 e. The fourth-order valence-corrected chi connectivity index (χ4v) is 2.87. The summed E-state index contributed by atoms with van der Waals surface area (Å²) in [4.78, 5) is 17.2. The molecule has 0 aliphatic heterocycles. The molecule has 3 rings (SSSR count). The number of halogens is 1. The summed E-state index contributed by atoms with van der Waals surface area (Å²) >= 11 is 3.44. The van der Waals surface area contributed by atoms with Crippen molar-refractivity contribution in [3.63, 3.8) is 0 Å². The molecule has 2 aromatic carbocycles. The Kier molecular flexibility index (Phi) is 3.18. The second kappa shape index (κ2) is 4.87. The molecule has 100 valence electrons. The first-order valence-corrected chi connectivity index (χ1v) is 7.12. The number of aromatic nitrogens is 2. The van der Waals surface area contributed by atoms with Gasteiger partial charge in [0, 0.05) is 4.47 Å². The quantitative estimate of drug-likeness (QED) is 0.681. The molecule has 3 nitrogen and oxygen atoms in total. The molecule has 0 atom stereocenters. The molecule has 0 aliphatic carbocycles. The molecule has 0 amide bonds. The second-order valence-corrected chi connectivity index (χ2v) is 5.66. The molecule has 1 aromatic heterocycles. The molecule has 0 N–H and O–H groups in total. The van der Waals surface area contributed by atoms with Gasteiger partial charge in [-0.25, -0.2) is 4.98 Å². The summed E-state index contributed by atoms with van der Waals surface area (Å²) in [5, 5.41) is 0.639. The minimum absolute atomic E-state index is 0.0291. The molecule has 1 heterocycles. The highest BCUT2D eigenvalue weighted by atomic mass is 79.9. The first kappa shape index (κ1) is 13.1. The summed E-state index contributed by atoms with van der Waals surface area (Å²) in [6, 6.07) is 13.3. The third-order valence-corrected chi connectivity index (χ3v) is 3.84. The van der Waals surface area contributed by atoms with E-state index in [9.17, 15) is 4.79 Å². The lowest BCUT2D eigenvalue weighted by molar-refractivity contribution is 0.887. The number of fused-ring (bicyclic) bond motifs is 1. The van der Waals surface area contributed by atoms with Gasteiger partial charge in [0.05, 0.1) is 16.6 Å². The molecular weight excluding hydrogens is 316 g/mol. The maximum atomic E-state index is 12.7. The van der Waals surface area contributed by atoms with Crippen molar-refractivity contribution in [1.82, 2.24) is 9.55 Å². The molecule has 0 unspecified atom stereocenters. The second-order valence-electron chi connectivity index (χ2n) is 4.75. The third-order valence-electron chi connectivity index (χ3n) is 3.34. The zero-order chi connectivity index (χ0) is 14.3. The van der Waals surface area contributed by atoms with Crippen LogP contribution in [0.3, 0.4) is 0 Å². The van der Waals surface area contributed by atoms with E-state index in [0.29, 0.717) is 11.2 Å². The van der Waals surface area contributed by atoms with E-state index < -0.39 is 0 Å². The Balaban J connectivity index is 2.39. The first-order valence-electron chi connectivity index (χ1n) is 6.33. The zero-order valence-corrected chi connectivity index (χ0v) is 12.8. The van der Waals surface area contributed by atoms with Crippen molar-refractivity contribution < 1.29 is 0 Å². The smallest absolute Gasteiger partial charge is 0.265 e. The van der Waals surface area contributed by atoms with Crippen molar-refractivity contribution in [1.29, 1.82) is 0 Å². The highest BCUT2D eigenvalue weighted by Crippen LogP contribution is 2.20. The van der Waals surface area contributed by atoms with Crippen LogP contribution in [0.5, 0.6) is 0 Å². The fourth-order valence-electron chi connectivity index (χ4n) is 2.40. The van der Waals surface area contributed by atoms with Crippen LogP contribution in [0.1, 0.15) is 11.4 Å². The zero-order valence-electron chi connectivity index (χ0n) is 11.2. The lowest BCUT2D eigenvalue weighted by atomic mass is 10.2. The average Bonchev–Trinajstić information content (AvgIpc) is 2.41. The summed E-state index contributed by atoms with van der Waals surface area (Å²) < 4.78 is 2.67. The van der Waals surface area contributed by atoms with Crippen LogP contribution in [0.2, 0.25) is 0 Å². The first-order chi connectivity index (χ1) is 9.58. The van der Waals surface area contributed by atoms with Gasteiger partial charge < -0.3 is 0 Å². The van der Waals surface area contributed by atoms with Gasteiger partial charge in [-0.3, -0.25) is 9.36 Å². The van der Waals surface area contributed by atoms with Gasteiger partial charge >= 0.3 is 0 Å². The van der Waals surface area contributed by atoms with Crippen molar-refractivity contribution in [3.8, 4) is 5.69 Å².